The van der Waals surface area contributed by atoms with Gasteiger partial charge in [0.05, 0.1) is 16.1 Å². The van der Waals surface area contributed by atoms with Crippen LogP contribution in [0.25, 0.3) is 0 Å². The number of benzene rings is 1. The summed E-state index contributed by atoms with van der Waals surface area (Å²) in [4.78, 5) is 11.9. The number of nitrogens with one attached hydrogen (secondary N) is 1. The molecule has 1 atom stereocenters. The van der Waals surface area contributed by atoms with E-state index in [4.69, 9.17) is 5.73 Å². The standard InChI is InChI=1S/C12H12F4N2OS/c1-6(4-10(17)20)18-11(19)8-5-7(12(14,15)16)2-3-9(8)13/h2-3,5-6H,4H2,1H3,(H2,17,20)(H,18,19). The largest absolute Gasteiger partial charge is 0.416 e. The van der Waals surface area contributed by atoms with Gasteiger partial charge in [-0.25, -0.2) is 4.39 Å². The molecule has 3 N–H and O–H groups in total. The van der Waals surface area contributed by atoms with Crippen molar-refractivity contribution in [3.63, 3.8) is 0 Å². The van der Waals surface area contributed by atoms with E-state index >= 15 is 0 Å². The molecule has 0 aliphatic heterocycles. The van der Waals surface area contributed by atoms with E-state index in [2.05, 4.69) is 17.5 Å². The Morgan fingerprint density at radius 1 is 1.45 bits per heavy atom. The minimum Gasteiger partial charge on any atom is -0.393 e. The molecule has 0 heterocycles. The Bertz CT molecular complexity index is 531. The smallest absolute Gasteiger partial charge is 0.393 e. The summed E-state index contributed by atoms with van der Waals surface area (Å²) in [6.45, 7) is 1.56. The summed E-state index contributed by atoms with van der Waals surface area (Å²) in [5, 5.41) is 2.33. The molecule has 3 nitrogen and oxygen atoms in total. The van der Waals surface area contributed by atoms with Crippen LogP contribution in [0.1, 0.15) is 29.3 Å². The molecule has 1 amide bonds. The van der Waals surface area contributed by atoms with Crippen molar-refractivity contribution < 1.29 is 22.4 Å². The molecule has 1 unspecified atom stereocenters. The third-order valence-electron chi connectivity index (χ3n) is 2.42. The molecule has 20 heavy (non-hydrogen) atoms. The quantitative estimate of drug-likeness (QED) is 0.664. The van der Waals surface area contributed by atoms with Crippen molar-refractivity contribution in [2.24, 2.45) is 5.73 Å². The normalized spacial score (nSPS) is 12.8. The molecule has 0 saturated carbocycles. The molecular formula is C12H12F4N2OS. The van der Waals surface area contributed by atoms with Crippen molar-refractivity contribution in [1.82, 2.24) is 5.32 Å². The van der Waals surface area contributed by atoms with Crippen LogP contribution in [-0.2, 0) is 6.18 Å². The van der Waals surface area contributed by atoms with Crippen LogP contribution < -0.4 is 11.1 Å². The second-order valence-corrected chi connectivity index (χ2v) is 4.76. The third-order valence-corrected chi connectivity index (χ3v) is 2.59. The van der Waals surface area contributed by atoms with Gasteiger partial charge < -0.3 is 11.1 Å². The lowest BCUT2D eigenvalue weighted by Crippen LogP contribution is -2.35. The number of hydrogen-bond donors (Lipinski definition) is 2. The molecule has 0 radical (unpaired) electrons. The third kappa shape index (κ3) is 4.44. The van der Waals surface area contributed by atoms with Gasteiger partial charge in [-0.3, -0.25) is 4.79 Å². The van der Waals surface area contributed by atoms with Crippen molar-refractivity contribution in [2.75, 3.05) is 0 Å². The summed E-state index contributed by atoms with van der Waals surface area (Å²) >= 11 is 4.64. The van der Waals surface area contributed by atoms with Crippen LogP contribution in [0.15, 0.2) is 18.2 Å². The summed E-state index contributed by atoms with van der Waals surface area (Å²) < 4.78 is 51.0. The number of hydrogen-bond acceptors (Lipinski definition) is 2. The Balaban J connectivity index is 2.95. The summed E-state index contributed by atoms with van der Waals surface area (Å²) in [5.41, 5.74) is 3.51. The lowest BCUT2D eigenvalue weighted by Gasteiger charge is -2.14. The molecule has 0 fully saturated rings. The van der Waals surface area contributed by atoms with Gasteiger partial charge in [0.1, 0.15) is 5.82 Å². The minimum atomic E-state index is -4.65. The molecule has 0 aliphatic rings. The molecule has 8 heteroatoms. The van der Waals surface area contributed by atoms with Gasteiger partial charge in [-0.1, -0.05) is 12.2 Å². The fraction of sp³-hybridized carbons (Fsp3) is 0.333. The van der Waals surface area contributed by atoms with Gasteiger partial charge >= 0.3 is 6.18 Å². The fourth-order valence-electron chi connectivity index (χ4n) is 1.53. The first-order valence-electron chi connectivity index (χ1n) is 5.57. The molecule has 0 spiro atoms. The van der Waals surface area contributed by atoms with Crippen LogP contribution in [0.4, 0.5) is 17.6 Å². The molecule has 0 aliphatic carbocycles. The van der Waals surface area contributed by atoms with Crippen LogP contribution in [0.5, 0.6) is 0 Å². The van der Waals surface area contributed by atoms with Crippen LogP contribution in [-0.4, -0.2) is 16.9 Å². The van der Waals surface area contributed by atoms with Gasteiger partial charge in [-0.05, 0) is 25.1 Å². The van der Waals surface area contributed by atoms with Crippen LogP contribution in [0.3, 0.4) is 0 Å². The molecule has 0 bridgehead atoms. The number of halogens is 4. The number of carbonyl (C=O) groups is 1. The molecule has 0 aromatic heterocycles. The first kappa shape index (κ1) is 16.4. The Morgan fingerprint density at radius 2 is 2.05 bits per heavy atom. The van der Waals surface area contributed by atoms with Crippen molar-refractivity contribution >= 4 is 23.1 Å². The maximum atomic E-state index is 13.4. The second-order valence-electron chi connectivity index (χ2n) is 4.24. The van der Waals surface area contributed by atoms with E-state index in [0.717, 1.165) is 0 Å². The second kappa shape index (κ2) is 6.17. The number of rotatable bonds is 4. The number of alkyl halides is 3. The average molecular weight is 308 g/mol. The highest BCUT2D eigenvalue weighted by molar-refractivity contribution is 7.80. The Labute approximate surface area is 118 Å². The summed E-state index contributed by atoms with van der Waals surface area (Å²) in [6.07, 6.45) is -4.48. The van der Waals surface area contributed by atoms with Gasteiger partial charge in [0.15, 0.2) is 0 Å². The van der Waals surface area contributed by atoms with Gasteiger partial charge in [-0.2, -0.15) is 13.2 Å². The molecule has 1 aromatic rings. The Morgan fingerprint density at radius 3 is 2.55 bits per heavy atom. The maximum Gasteiger partial charge on any atom is 0.416 e. The lowest BCUT2D eigenvalue weighted by atomic mass is 10.1. The van der Waals surface area contributed by atoms with Gasteiger partial charge in [0.25, 0.3) is 5.91 Å². The zero-order chi connectivity index (χ0) is 15.5. The first-order valence-corrected chi connectivity index (χ1v) is 5.98. The van der Waals surface area contributed by atoms with Crippen molar-refractivity contribution in [3.05, 3.63) is 35.1 Å². The van der Waals surface area contributed by atoms with E-state index in [1.54, 1.807) is 6.92 Å². The first-order chi connectivity index (χ1) is 9.11. The molecule has 1 rings (SSSR count). The van der Waals surface area contributed by atoms with Crippen LogP contribution in [0, 0.1) is 5.82 Å². The van der Waals surface area contributed by atoms with Crippen molar-refractivity contribution in [2.45, 2.75) is 25.6 Å². The number of thiocarbonyl (C=S) groups is 1. The Hall–Kier alpha value is -1.70. The number of nitrogens with two attached hydrogens (primary N) is 1. The van der Waals surface area contributed by atoms with E-state index < -0.39 is 35.1 Å². The predicted molar refractivity (Wildman–Crippen MR) is 69.7 cm³/mol. The van der Waals surface area contributed by atoms with Gasteiger partial charge in [0, 0.05) is 12.5 Å². The molecule has 110 valence electrons. The van der Waals surface area contributed by atoms with E-state index in [1.807, 2.05) is 0 Å². The predicted octanol–water partition coefficient (Wildman–Crippen LogP) is 2.64. The zero-order valence-corrected chi connectivity index (χ0v) is 11.2. The molecular weight excluding hydrogens is 296 g/mol. The lowest BCUT2D eigenvalue weighted by molar-refractivity contribution is -0.137. The van der Waals surface area contributed by atoms with E-state index in [-0.39, 0.29) is 11.4 Å². The number of carbonyl (C=O) groups excluding carboxylic acids is 1. The van der Waals surface area contributed by atoms with Crippen LogP contribution >= 0.6 is 12.2 Å². The van der Waals surface area contributed by atoms with Gasteiger partial charge in [-0.15, -0.1) is 0 Å². The van der Waals surface area contributed by atoms with Gasteiger partial charge in [0.2, 0.25) is 0 Å². The fourth-order valence-corrected chi connectivity index (χ4v) is 1.78. The van der Waals surface area contributed by atoms with Crippen LogP contribution in [0.2, 0.25) is 0 Å². The average Bonchev–Trinajstić information content (AvgIpc) is 2.26. The van der Waals surface area contributed by atoms with E-state index in [0.29, 0.717) is 18.2 Å². The Kier molecular flexibility index (Phi) is 5.04. The topological polar surface area (TPSA) is 55.1 Å². The van der Waals surface area contributed by atoms with Crippen molar-refractivity contribution in [3.8, 4) is 0 Å². The van der Waals surface area contributed by atoms with Crippen molar-refractivity contribution in [1.29, 1.82) is 0 Å². The summed E-state index contributed by atoms with van der Waals surface area (Å²) in [6, 6.07) is 1.15. The monoisotopic (exact) mass is 308 g/mol. The SMILES string of the molecule is CC(CC(N)=S)NC(=O)c1cc(C(F)(F)F)ccc1F. The molecule has 1 aromatic carbocycles. The maximum absolute atomic E-state index is 13.4. The van der Waals surface area contributed by atoms with E-state index in [1.165, 1.54) is 0 Å². The zero-order valence-electron chi connectivity index (χ0n) is 10.4. The highest BCUT2D eigenvalue weighted by Gasteiger charge is 2.32. The minimum absolute atomic E-state index is 0.141. The highest BCUT2D eigenvalue weighted by atomic mass is 32.1. The van der Waals surface area contributed by atoms with E-state index in [9.17, 15) is 22.4 Å². The molecule has 0 saturated heterocycles. The number of amides is 1. The highest BCUT2D eigenvalue weighted by Crippen LogP contribution is 2.30. The summed E-state index contributed by atoms with van der Waals surface area (Å²) in [7, 11) is 0. The summed E-state index contributed by atoms with van der Waals surface area (Å²) in [5.74, 6) is -1.98.